The van der Waals surface area contributed by atoms with Crippen molar-refractivity contribution < 1.29 is 4.39 Å². The zero-order valence-electron chi connectivity index (χ0n) is 8.22. The van der Waals surface area contributed by atoms with Crippen LogP contribution in [-0.2, 0) is 0 Å². The van der Waals surface area contributed by atoms with E-state index in [-0.39, 0.29) is 5.82 Å². The molecule has 2 rings (SSSR count). The fourth-order valence-electron chi connectivity index (χ4n) is 1.19. The first kappa shape index (κ1) is 10.7. The molecular formula is C12H7FN2S. The lowest BCUT2D eigenvalue weighted by molar-refractivity contribution is 0.624. The van der Waals surface area contributed by atoms with E-state index in [9.17, 15) is 4.39 Å². The molecule has 0 spiro atoms. The van der Waals surface area contributed by atoms with E-state index in [0.29, 0.717) is 10.6 Å². The summed E-state index contributed by atoms with van der Waals surface area (Å²) in [6.07, 6.45) is 1.57. The summed E-state index contributed by atoms with van der Waals surface area (Å²) >= 11 is 1.33. The molecule has 2 aromatic rings. The molecule has 0 saturated carbocycles. The van der Waals surface area contributed by atoms with Gasteiger partial charge in [0.25, 0.3) is 0 Å². The zero-order chi connectivity index (χ0) is 11.4. The van der Waals surface area contributed by atoms with Gasteiger partial charge in [-0.1, -0.05) is 17.8 Å². The van der Waals surface area contributed by atoms with Crippen LogP contribution in [0.5, 0.6) is 0 Å². The number of rotatable bonds is 2. The number of hydrogen-bond acceptors (Lipinski definition) is 3. The smallest absolute Gasteiger partial charge is 0.124 e. The maximum atomic E-state index is 12.9. The van der Waals surface area contributed by atoms with Crippen LogP contribution in [0.4, 0.5) is 4.39 Å². The van der Waals surface area contributed by atoms with Crippen molar-refractivity contribution in [1.82, 2.24) is 4.98 Å². The van der Waals surface area contributed by atoms with Crippen LogP contribution in [0, 0.1) is 17.1 Å². The molecule has 0 aliphatic rings. The normalized spacial score (nSPS) is 9.75. The molecule has 0 bridgehead atoms. The molecule has 2 nitrogen and oxygen atoms in total. The third kappa shape index (κ3) is 2.59. The van der Waals surface area contributed by atoms with Crippen LogP contribution >= 0.6 is 11.8 Å². The quantitative estimate of drug-likeness (QED) is 0.794. The van der Waals surface area contributed by atoms with Gasteiger partial charge in [0.15, 0.2) is 0 Å². The number of nitriles is 1. The Labute approximate surface area is 96.8 Å². The minimum Gasteiger partial charge on any atom is -0.250 e. The average molecular weight is 230 g/mol. The van der Waals surface area contributed by atoms with Gasteiger partial charge in [-0.25, -0.2) is 9.37 Å². The molecule has 1 aromatic carbocycles. The lowest BCUT2D eigenvalue weighted by Crippen LogP contribution is -1.82. The summed E-state index contributed by atoms with van der Waals surface area (Å²) in [6.45, 7) is 0. The zero-order valence-corrected chi connectivity index (χ0v) is 9.04. The van der Waals surface area contributed by atoms with Crippen molar-refractivity contribution in [2.45, 2.75) is 9.92 Å². The van der Waals surface area contributed by atoms with E-state index in [1.165, 1.54) is 23.9 Å². The predicted octanol–water partition coefficient (Wildman–Crippen LogP) is 3.24. The van der Waals surface area contributed by atoms with Crippen molar-refractivity contribution in [3.05, 3.63) is 54.0 Å². The Morgan fingerprint density at radius 2 is 2.12 bits per heavy atom. The van der Waals surface area contributed by atoms with E-state index < -0.39 is 0 Å². The summed E-state index contributed by atoms with van der Waals surface area (Å²) in [5.41, 5.74) is 0.550. The Kier molecular flexibility index (Phi) is 3.18. The third-order valence-corrected chi connectivity index (χ3v) is 2.80. The summed E-state index contributed by atoms with van der Waals surface area (Å²) in [6, 6.07) is 11.6. The van der Waals surface area contributed by atoms with Crippen molar-refractivity contribution in [2.75, 3.05) is 0 Å². The van der Waals surface area contributed by atoms with Crippen molar-refractivity contribution in [2.24, 2.45) is 0 Å². The summed E-state index contributed by atoms with van der Waals surface area (Å²) in [7, 11) is 0. The van der Waals surface area contributed by atoms with E-state index in [0.717, 1.165) is 4.90 Å². The second-order valence-corrected chi connectivity index (χ2v) is 4.15. The molecule has 0 aliphatic heterocycles. The monoisotopic (exact) mass is 230 g/mol. The lowest BCUT2D eigenvalue weighted by atomic mass is 10.3. The predicted molar refractivity (Wildman–Crippen MR) is 59.5 cm³/mol. The van der Waals surface area contributed by atoms with Crippen LogP contribution in [0.15, 0.2) is 52.5 Å². The van der Waals surface area contributed by atoms with Gasteiger partial charge in [-0.15, -0.1) is 0 Å². The highest BCUT2D eigenvalue weighted by Crippen LogP contribution is 2.26. The fraction of sp³-hybridized carbons (Fsp3) is 0. The highest BCUT2D eigenvalue weighted by Gasteiger charge is 2.01. The molecule has 78 valence electrons. The van der Waals surface area contributed by atoms with E-state index in [2.05, 4.69) is 4.98 Å². The maximum absolute atomic E-state index is 12.9. The molecular weight excluding hydrogens is 223 g/mol. The van der Waals surface area contributed by atoms with Gasteiger partial charge in [-0.05, 0) is 30.3 Å². The average Bonchev–Trinajstić information content (AvgIpc) is 2.29. The summed E-state index contributed by atoms with van der Waals surface area (Å²) in [5.74, 6) is -0.276. The number of hydrogen-bond donors (Lipinski definition) is 0. The molecule has 16 heavy (non-hydrogen) atoms. The third-order valence-electron chi connectivity index (χ3n) is 1.88. The van der Waals surface area contributed by atoms with Gasteiger partial charge in [-0.3, -0.25) is 0 Å². The molecule has 1 aromatic heterocycles. The number of pyridine rings is 1. The molecule has 0 radical (unpaired) electrons. The van der Waals surface area contributed by atoms with E-state index in [1.807, 2.05) is 6.07 Å². The number of aromatic nitrogens is 1. The van der Waals surface area contributed by atoms with Gasteiger partial charge in [0, 0.05) is 11.1 Å². The Morgan fingerprint density at radius 3 is 2.88 bits per heavy atom. The number of nitrogens with zero attached hydrogens (tertiary/aromatic N) is 2. The van der Waals surface area contributed by atoms with Crippen LogP contribution in [0.25, 0.3) is 0 Å². The van der Waals surface area contributed by atoms with Gasteiger partial charge < -0.3 is 0 Å². The minimum absolute atomic E-state index is 0.276. The first-order chi connectivity index (χ1) is 7.78. The first-order valence-corrected chi connectivity index (χ1v) is 5.39. The van der Waals surface area contributed by atoms with Crippen molar-refractivity contribution in [3.63, 3.8) is 0 Å². The van der Waals surface area contributed by atoms with Crippen LogP contribution < -0.4 is 0 Å². The number of halogens is 1. The van der Waals surface area contributed by atoms with E-state index >= 15 is 0 Å². The molecule has 0 fully saturated rings. The van der Waals surface area contributed by atoms with Crippen molar-refractivity contribution in [1.29, 1.82) is 5.26 Å². The SMILES string of the molecule is N#Cc1ccnc(Sc2cccc(F)c2)c1. The summed E-state index contributed by atoms with van der Waals surface area (Å²) < 4.78 is 12.9. The molecule has 0 atom stereocenters. The van der Waals surface area contributed by atoms with Crippen LogP contribution in [-0.4, -0.2) is 4.98 Å². The molecule has 1 heterocycles. The second kappa shape index (κ2) is 4.77. The molecule has 0 aliphatic carbocycles. The van der Waals surface area contributed by atoms with Crippen LogP contribution in [0.2, 0.25) is 0 Å². The van der Waals surface area contributed by atoms with Crippen molar-refractivity contribution >= 4 is 11.8 Å². The largest absolute Gasteiger partial charge is 0.250 e. The Morgan fingerprint density at radius 1 is 1.25 bits per heavy atom. The molecule has 0 amide bonds. The Bertz CT molecular complexity index is 549. The summed E-state index contributed by atoms with van der Waals surface area (Å²) in [4.78, 5) is 4.87. The molecule has 0 N–H and O–H groups in total. The standard InChI is InChI=1S/C12H7FN2S/c13-10-2-1-3-11(7-10)16-12-6-9(8-14)4-5-15-12/h1-7H. The van der Waals surface area contributed by atoms with Crippen LogP contribution in [0.1, 0.15) is 5.56 Å². The topological polar surface area (TPSA) is 36.7 Å². The maximum Gasteiger partial charge on any atom is 0.124 e. The fourth-order valence-corrected chi connectivity index (χ4v) is 2.05. The van der Waals surface area contributed by atoms with E-state index in [4.69, 9.17) is 5.26 Å². The minimum atomic E-state index is -0.276. The van der Waals surface area contributed by atoms with Gasteiger partial charge >= 0.3 is 0 Å². The lowest BCUT2D eigenvalue weighted by Gasteiger charge is -2.00. The second-order valence-electron chi connectivity index (χ2n) is 3.05. The van der Waals surface area contributed by atoms with Gasteiger partial charge in [0.05, 0.1) is 11.6 Å². The first-order valence-electron chi connectivity index (χ1n) is 4.57. The highest BCUT2D eigenvalue weighted by molar-refractivity contribution is 7.99. The molecule has 0 unspecified atom stereocenters. The Hall–Kier alpha value is -1.86. The van der Waals surface area contributed by atoms with Gasteiger partial charge in [0.2, 0.25) is 0 Å². The van der Waals surface area contributed by atoms with Crippen molar-refractivity contribution in [3.8, 4) is 6.07 Å². The highest BCUT2D eigenvalue weighted by atomic mass is 32.2. The van der Waals surface area contributed by atoms with E-state index in [1.54, 1.807) is 30.5 Å². The Balaban J connectivity index is 2.24. The van der Waals surface area contributed by atoms with Gasteiger partial charge in [0.1, 0.15) is 10.8 Å². The summed E-state index contributed by atoms with van der Waals surface area (Å²) in [5, 5.41) is 9.41. The van der Waals surface area contributed by atoms with Gasteiger partial charge in [-0.2, -0.15) is 5.26 Å². The molecule has 4 heteroatoms. The van der Waals surface area contributed by atoms with Crippen LogP contribution in [0.3, 0.4) is 0 Å². The molecule has 0 saturated heterocycles. The number of benzene rings is 1.